The highest BCUT2D eigenvalue weighted by molar-refractivity contribution is 5.66. The molecule has 0 saturated carbocycles. The first-order valence-corrected chi connectivity index (χ1v) is 9.29. The van der Waals surface area contributed by atoms with E-state index < -0.39 is 5.97 Å². The Balaban J connectivity index is 3.19. The molecule has 0 heterocycles. The number of allylic oxidation sites excluding steroid dienone is 4. The molecule has 0 aromatic carbocycles. The Bertz CT molecular complexity index is 292. The SMILES string of the molecule is CCCCCCCCC=CC/C=C\CCCCCCC(=O)O. The lowest BCUT2D eigenvalue weighted by Crippen LogP contribution is -1.93. The second-order valence-electron chi connectivity index (χ2n) is 6.08. The molecule has 0 aromatic heterocycles. The number of carboxylic acids is 1. The minimum Gasteiger partial charge on any atom is -0.481 e. The highest BCUT2D eigenvalue weighted by Crippen LogP contribution is 2.08. The largest absolute Gasteiger partial charge is 0.481 e. The van der Waals surface area contributed by atoms with Crippen LogP contribution < -0.4 is 0 Å². The summed E-state index contributed by atoms with van der Waals surface area (Å²) < 4.78 is 0. The van der Waals surface area contributed by atoms with Crippen LogP contribution in [0.4, 0.5) is 0 Å². The van der Waals surface area contributed by atoms with E-state index in [-0.39, 0.29) is 0 Å². The van der Waals surface area contributed by atoms with Crippen LogP contribution in [0.25, 0.3) is 0 Å². The standard InChI is InChI=1S/C20H36O2/c1-2-3-4-5-6-7-8-9-10-11-12-13-14-15-16-17-18-19-20(21)22/h9-10,12-13H,2-8,11,14-19H2,1H3,(H,21,22)/b10-9?,13-12-. The Hall–Kier alpha value is -1.05. The van der Waals surface area contributed by atoms with Crippen molar-refractivity contribution in [3.8, 4) is 0 Å². The highest BCUT2D eigenvalue weighted by Gasteiger charge is 1.95. The minimum absolute atomic E-state index is 0.319. The van der Waals surface area contributed by atoms with E-state index in [9.17, 15) is 4.79 Å². The lowest BCUT2D eigenvalue weighted by Gasteiger charge is -1.97. The van der Waals surface area contributed by atoms with Crippen LogP contribution in [0.2, 0.25) is 0 Å². The third kappa shape index (κ3) is 18.9. The van der Waals surface area contributed by atoms with Gasteiger partial charge in [0.15, 0.2) is 0 Å². The molecule has 0 aliphatic heterocycles. The van der Waals surface area contributed by atoms with Gasteiger partial charge in [0.05, 0.1) is 0 Å². The van der Waals surface area contributed by atoms with Gasteiger partial charge in [-0.1, -0.05) is 76.2 Å². The van der Waals surface area contributed by atoms with Crippen molar-refractivity contribution in [1.29, 1.82) is 0 Å². The summed E-state index contributed by atoms with van der Waals surface area (Å²) in [6, 6.07) is 0. The van der Waals surface area contributed by atoms with E-state index in [1.807, 2.05) is 0 Å². The first-order valence-electron chi connectivity index (χ1n) is 9.29. The second-order valence-corrected chi connectivity index (χ2v) is 6.08. The normalized spacial score (nSPS) is 11.7. The summed E-state index contributed by atoms with van der Waals surface area (Å²) in [5.74, 6) is -0.673. The monoisotopic (exact) mass is 308 g/mol. The summed E-state index contributed by atoms with van der Waals surface area (Å²) in [6.07, 6.45) is 25.2. The summed E-state index contributed by atoms with van der Waals surface area (Å²) in [7, 11) is 0. The van der Waals surface area contributed by atoms with Gasteiger partial charge < -0.3 is 5.11 Å². The fourth-order valence-corrected chi connectivity index (χ4v) is 2.44. The number of hydrogen-bond donors (Lipinski definition) is 1. The zero-order valence-electron chi connectivity index (χ0n) is 14.6. The summed E-state index contributed by atoms with van der Waals surface area (Å²) in [4.78, 5) is 10.3. The highest BCUT2D eigenvalue weighted by atomic mass is 16.4. The smallest absolute Gasteiger partial charge is 0.303 e. The lowest BCUT2D eigenvalue weighted by molar-refractivity contribution is -0.137. The van der Waals surface area contributed by atoms with Crippen LogP contribution in [-0.2, 0) is 4.79 Å². The number of rotatable bonds is 16. The van der Waals surface area contributed by atoms with Gasteiger partial charge in [0.25, 0.3) is 0 Å². The fourth-order valence-electron chi connectivity index (χ4n) is 2.44. The Kier molecular flexibility index (Phi) is 17.1. The number of aliphatic carboxylic acids is 1. The van der Waals surface area contributed by atoms with Gasteiger partial charge in [-0.05, 0) is 38.5 Å². The van der Waals surface area contributed by atoms with Crippen molar-refractivity contribution >= 4 is 5.97 Å². The van der Waals surface area contributed by atoms with E-state index in [4.69, 9.17) is 5.11 Å². The maximum absolute atomic E-state index is 10.3. The van der Waals surface area contributed by atoms with E-state index >= 15 is 0 Å². The molecule has 0 radical (unpaired) electrons. The van der Waals surface area contributed by atoms with Crippen LogP contribution in [0.15, 0.2) is 24.3 Å². The molecule has 0 aromatic rings. The minimum atomic E-state index is -0.673. The van der Waals surface area contributed by atoms with Gasteiger partial charge in [0, 0.05) is 6.42 Å². The Morgan fingerprint density at radius 1 is 0.727 bits per heavy atom. The van der Waals surface area contributed by atoms with Crippen molar-refractivity contribution in [2.24, 2.45) is 0 Å². The Morgan fingerprint density at radius 3 is 1.77 bits per heavy atom. The van der Waals surface area contributed by atoms with E-state index in [1.54, 1.807) is 0 Å². The average Bonchev–Trinajstić information content (AvgIpc) is 2.50. The van der Waals surface area contributed by atoms with E-state index in [0.29, 0.717) is 6.42 Å². The predicted molar refractivity (Wildman–Crippen MR) is 96.2 cm³/mol. The van der Waals surface area contributed by atoms with Gasteiger partial charge in [0.2, 0.25) is 0 Å². The van der Waals surface area contributed by atoms with Gasteiger partial charge in [-0.15, -0.1) is 0 Å². The topological polar surface area (TPSA) is 37.3 Å². The lowest BCUT2D eigenvalue weighted by atomic mass is 10.1. The quantitative estimate of drug-likeness (QED) is 0.255. The van der Waals surface area contributed by atoms with E-state index in [1.165, 1.54) is 51.4 Å². The summed E-state index contributed by atoms with van der Waals surface area (Å²) >= 11 is 0. The average molecular weight is 309 g/mol. The molecule has 22 heavy (non-hydrogen) atoms. The zero-order chi connectivity index (χ0) is 16.3. The van der Waals surface area contributed by atoms with Crippen molar-refractivity contribution in [2.45, 2.75) is 96.8 Å². The molecule has 2 nitrogen and oxygen atoms in total. The second kappa shape index (κ2) is 18.0. The molecule has 0 fully saturated rings. The molecule has 128 valence electrons. The van der Waals surface area contributed by atoms with Crippen LogP contribution in [0.3, 0.4) is 0 Å². The zero-order valence-corrected chi connectivity index (χ0v) is 14.6. The van der Waals surface area contributed by atoms with Crippen molar-refractivity contribution in [3.63, 3.8) is 0 Å². The summed E-state index contributed by atoms with van der Waals surface area (Å²) in [6.45, 7) is 2.26. The molecule has 0 rings (SSSR count). The Labute approximate surface area is 137 Å². The third-order valence-corrected chi connectivity index (χ3v) is 3.84. The first-order chi connectivity index (χ1) is 10.8. The fraction of sp³-hybridized carbons (Fsp3) is 0.750. The van der Waals surface area contributed by atoms with E-state index in [2.05, 4.69) is 31.2 Å². The van der Waals surface area contributed by atoms with Crippen molar-refractivity contribution in [1.82, 2.24) is 0 Å². The number of carboxylic acid groups (broad SMARTS) is 1. The van der Waals surface area contributed by atoms with Crippen molar-refractivity contribution < 1.29 is 9.90 Å². The number of carbonyl (C=O) groups is 1. The molecular formula is C20H36O2. The van der Waals surface area contributed by atoms with E-state index in [0.717, 1.165) is 32.1 Å². The maximum atomic E-state index is 10.3. The number of unbranched alkanes of at least 4 members (excludes halogenated alkanes) is 10. The first kappa shape index (κ1) is 20.9. The number of hydrogen-bond acceptors (Lipinski definition) is 1. The molecule has 0 amide bonds. The van der Waals surface area contributed by atoms with Gasteiger partial charge in [-0.25, -0.2) is 0 Å². The van der Waals surface area contributed by atoms with Crippen LogP contribution in [0.5, 0.6) is 0 Å². The van der Waals surface area contributed by atoms with Gasteiger partial charge in [-0.2, -0.15) is 0 Å². The van der Waals surface area contributed by atoms with Gasteiger partial charge in [-0.3, -0.25) is 4.79 Å². The predicted octanol–water partition coefficient (Wildman–Crippen LogP) is 6.66. The summed E-state index contributed by atoms with van der Waals surface area (Å²) in [5, 5.41) is 8.52. The molecule has 1 N–H and O–H groups in total. The molecule has 0 spiro atoms. The van der Waals surface area contributed by atoms with Crippen LogP contribution in [0, 0.1) is 0 Å². The van der Waals surface area contributed by atoms with Crippen LogP contribution in [0.1, 0.15) is 96.8 Å². The molecule has 0 unspecified atom stereocenters. The molecule has 0 aliphatic carbocycles. The molecule has 0 atom stereocenters. The van der Waals surface area contributed by atoms with Crippen LogP contribution in [-0.4, -0.2) is 11.1 Å². The molecule has 0 bridgehead atoms. The van der Waals surface area contributed by atoms with Crippen molar-refractivity contribution in [2.75, 3.05) is 0 Å². The van der Waals surface area contributed by atoms with Gasteiger partial charge >= 0.3 is 5.97 Å². The van der Waals surface area contributed by atoms with Crippen LogP contribution >= 0.6 is 0 Å². The summed E-state index contributed by atoms with van der Waals surface area (Å²) in [5.41, 5.74) is 0. The molecule has 2 heteroatoms. The van der Waals surface area contributed by atoms with Gasteiger partial charge in [0.1, 0.15) is 0 Å². The molecular weight excluding hydrogens is 272 g/mol. The maximum Gasteiger partial charge on any atom is 0.303 e. The third-order valence-electron chi connectivity index (χ3n) is 3.84. The molecule has 0 aliphatic rings. The Morgan fingerprint density at radius 2 is 1.23 bits per heavy atom. The molecule has 0 saturated heterocycles. The van der Waals surface area contributed by atoms with Crippen molar-refractivity contribution in [3.05, 3.63) is 24.3 Å².